The molecule has 1 heterocycles. The van der Waals surface area contributed by atoms with E-state index in [1.807, 2.05) is 57.3 Å². The van der Waals surface area contributed by atoms with Crippen LogP contribution in [0.25, 0.3) is 11.5 Å². The Morgan fingerprint density at radius 1 is 1.11 bits per heavy atom. The van der Waals surface area contributed by atoms with Crippen LogP contribution in [0.2, 0.25) is 0 Å². The van der Waals surface area contributed by atoms with Gasteiger partial charge in [-0.05, 0) is 70.7 Å². The van der Waals surface area contributed by atoms with Crippen LogP contribution in [0.5, 0.6) is 0 Å². The summed E-state index contributed by atoms with van der Waals surface area (Å²) < 4.78 is 18.2. The third-order valence-electron chi connectivity index (χ3n) is 7.23. The van der Waals surface area contributed by atoms with E-state index in [1.54, 1.807) is 0 Å². The Kier molecular flexibility index (Phi) is 10.1. The third-order valence-corrected chi connectivity index (χ3v) is 7.23. The summed E-state index contributed by atoms with van der Waals surface area (Å²) in [6.45, 7) is 5.84. The van der Waals surface area contributed by atoms with Crippen LogP contribution in [-0.4, -0.2) is 59.9 Å². The van der Waals surface area contributed by atoms with E-state index < -0.39 is 11.9 Å². The maximum absolute atomic E-state index is 11.9. The largest absolute Gasteiger partial charge is 0.481 e. The van der Waals surface area contributed by atoms with E-state index in [9.17, 15) is 9.90 Å². The van der Waals surface area contributed by atoms with Crippen molar-refractivity contribution < 1.29 is 23.8 Å². The number of carboxylic acid groups (broad SMARTS) is 1. The fourth-order valence-corrected chi connectivity index (χ4v) is 4.95. The molecule has 1 N–H and O–H groups in total. The van der Waals surface area contributed by atoms with Crippen molar-refractivity contribution in [2.45, 2.75) is 64.8 Å². The van der Waals surface area contributed by atoms with Gasteiger partial charge in [-0.1, -0.05) is 48.0 Å². The minimum absolute atomic E-state index is 0.00601. The molecule has 0 spiro atoms. The number of likely N-dealkylation sites (N-methyl/N-ethyl adjacent to an activating group) is 1. The lowest BCUT2D eigenvalue weighted by atomic mass is 9.94. The highest BCUT2D eigenvalue weighted by atomic mass is 16.5. The third kappa shape index (κ3) is 8.25. The maximum Gasteiger partial charge on any atom is 0.310 e. The molecule has 1 unspecified atom stereocenters. The molecular formula is C31H40N2O5. The van der Waals surface area contributed by atoms with Crippen molar-refractivity contribution in [2.24, 2.45) is 5.92 Å². The van der Waals surface area contributed by atoms with E-state index in [4.69, 9.17) is 13.9 Å². The van der Waals surface area contributed by atoms with Gasteiger partial charge in [0.1, 0.15) is 11.5 Å². The topological polar surface area (TPSA) is 85.0 Å². The van der Waals surface area contributed by atoms with Crippen molar-refractivity contribution in [3.05, 3.63) is 77.2 Å². The van der Waals surface area contributed by atoms with Crippen molar-refractivity contribution in [1.82, 2.24) is 9.88 Å². The summed E-state index contributed by atoms with van der Waals surface area (Å²) in [4.78, 5) is 18.7. The Bertz CT molecular complexity index is 1160. The van der Waals surface area contributed by atoms with Gasteiger partial charge in [0.05, 0.1) is 31.3 Å². The zero-order valence-corrected chi connectivity index (χ0v) is 22.8. The van der Waals surface area contributed by atoms with E-state index in [0.29, 0.717) is 19.0 Å². The maximum atomic E-state index is 11.9. The molecule has 38 heavy (non-hydrogen) atoms. The second-order valence-electron chi connectivity index (χ2n) is 10.5. The second-order valence-corrected chi connectivity index (χ2v) is 10.5. The number of aliphatic carboxylic acids is 1. The first kappa shape index (κ1) is 28.0. The van der Waals surface area contributed by atoms with Crippen molar-refractivity contribution in [3.63, 3.8) is 0 Å². The summed E-state index contributed by atoms with van der Waals surface area (Å²) in [6, 6.07) is 18.4. The van der Waals surface area contributed by atoms with Crippen LogP contribution in [0.4, 0.5) is 0 Å². The van der Waals surface area contributed by atoms with Crippen molar-refractivity contribution in [2.75, 3.05) is 26.7 Å². The van der Waals surface area contributed by atoms with Crippen LogP contribution >= 0.6 is 0 Å². The van der Waals surface area contributed by atoms with Crippen LogP contribution in [0.3, 0.4) is 0 Å². The van der Waals surface area contributed by atoms with Gasteiger partial charge in [-0.15, -0.1) is 0 Å². The lowest BCUT2D eigenvalue weighted by Crippen LogP contribution is -2.36. The summed E-state index contributed by atoms with van der Waals surface area (Å²) in [6.07, 6.45) is 4.61. The summed E-state index contributed by atoms with van der Waals surface area (Å²) in [7, 11) is 1.97. The first-order valence-electron chi connectivity index (χ1n) is 13.6. The van der Waals surface area contributed by atoms with Gasteiger partial charge in [0.2, 0.25) is 5.89 Å². The predicted octanol–water partition coefficient (Wildman–Crippen LogP) is 5.68. The molecule has 4 rings (SSSR count). The highest BCUT2D eigenvalue weighted by Crippen LogP contribution is 2.27. The number of nitrogens with zero attached hydrogens (tertiary/aromatic N) is 2. The number of hydrogen-bond donors (Lipinski definition) is 1. The SMILES string of the molecule is Cc1cccc(-c2nc(CO[C@H]3CCC[C@@H](OCC(CN(C)CCc4ccccc4)C(=O)O)C3)c(C)o2)c1. The second kappa shape index (κ2) is 13.7. The van der Waals surface area contributed by atoms with E-state index in [-0.39, 0.29) is 18.8 Å². The molecule has 1 fully saturated rings. The summed E-state index contributed by atoms with van der Waals surface area (Å²) in [5.41, 5.74) is 4.19. The fraction of sp³-hybridized carbons (Fsp3) is 0.484. The molecule has 0 amide bonds. The highest BCUT2D eigenvalue weighted by molar-refractivity contribution is 5.70. The minimum Gasteiger partial charge on any atom is -0.481 e. The number of hydrogen-bond acceptors (Lipinski definition) is 6. The molecule has 204 valence electrons. The van der Waals surface area contributed by atoms with Crippen molar-refractivity contribution in [3.8, 4) is 11.5 Å². The van der Waals surface area contributed by atoms with Crippen LogP contribution in [0.1, 0.15) is 48.3 Å². The molecule has 1 aromatic heterocycles. The van der Waals surface area contributed by atoms with E-state index in [1.165, 1.54) is 5.56 Å². The standard InChI is InChI=1S/C31H40N2O5/c1-22-9-7-12-25(17-22)30-32-29(23(2)38-30)21-37-28-14-8-13-27(18-28)36-20-26(31(34)35)19-33(3)16-15-24-10-5-4-6-11-24/h4-7,9-12,17,26-28H,8,13-16,18-21H2,1-3H3,(H,34,35)/t26?,27-,28+/m1/s1. The quantitative estimate of drug-likeness (QED) is 0.310. The van der Waals surface area contributed by atoms with Crippen molar-refractivity contribution >= 4 is 5.97 Å². The van der Waals surface area contributed by atoms with Gasteiger partial charge in [-0.25, -0.2) is 4.98 Å². The molecule has 0 radical (unpaired) electrons. The van der Waals surface area contributed by atoms with Gasteiger partial charge >= 0.3 is 5.97 Å². The van der Waals surface area contributed by atoms with Gasteiger partial charge in [-0.2, -0.15) is 0 Å². The molecule has 1 aliphatic rings. The lowest BCUT2D eigenvalue weighted by Gasteiger charge is -2.30. The predicted molar refractivity (Wildman–Crippen MR) is 147 cm³/mol. The average molecular weight is 521 g/mol. The Labute approximate surface area is 225 Å². The zero-order chi connectivity index (χ0) is 26.9. The number of oxazole rings is 1. The number of carbonyl (C=O) groups is 1. The Morgan fingerprint density at radius 3 is 2.61 bits per heavy atom. The number of aryl methyl sites for hydroxylation is 2. The van der Waals surface area contributed by atoms with Gasteiger partial charge in [0.15, 0.2) is 0 Å². The molecule has 7 nitrogen and oxygen atoms in total. The molecule has 0 saturated heterocycles. The monoisotopic (exact) mass is 520 g/mol. The number of carboxylic acids is 1. The molecule has 3 aromatic rings. The molecule has 3 atom stereocenters. The summed E-state index contributed by atoms with van der Waals surface area (Å²) in [5, 5.41) is 9.78. The van der Waals surface area contributed by atoms with E-state index in [0.717, 1.165) is 61.2 Å². The van der Waals surface area contributed by atoms with E-state index in [2.05, 4.69) is 28.1 Å². The van der Waals surface area contributed by atoms with Crippen LogP contribution < -0.4 is 0 Å². The molecule has 2 aromatic carbocycles. The molecule has 0 aliphatic heterocycles. The molecule has 1 aliphatic carbocycles. The van der Waals surface area contributed by atoms with E-state index >= 15 is 0 Å². The number of benzene rings is 2. The van der Waals surface area contributed by atoms with Crippen LogP contribution in [-0.2, 0) is 27.3 Å². The van der Waals surface area contributed by atoms with Gasteiger partial charge in [0.25, 0.3) is 0 Å². The van der Waals surface area contributed by atoms with Crippen LogP contribution in [0, 0.1) is 19.8 Å². The molecule has 0 bridgehead atoms. The number of aromatic nitrogens is 1. The first-order chi connectivity index (χ1) is 18.4. The normalized spacial score (nSPS) is 18.5. The molecule has 7 heteroatoms. The van der Waals surface area contributed by atoms with Gasteiger partial charge < -0.3 is 23.9 Å². The number of rotatable bonds is 13. The van der Waals surface area contributed by atoms with Crippen molar-refractivity contribution in [1.29, 1.82) is 0 Å². The Morgan fingerprint density at radius 2 is 1.87 bits per heavy atom. The first-order valence-corrected chi connectivity index (χ1v) is 13.6. The highest BCUT2D eigenvalue weighted by Gasteiger charge is 2.27. The van der Waals surface area contributed by atoms with Gasteiger partial charge in [0, 0.05) is 18.7 Å². The summed E-state index contributed by atoms with van der Waals surface area (Å²) >= 11 is 0. The lowest BCUT2D eigenvalue weighted by molar-refractivity contribution is -0.146. The Hall–Kier alpha value is -3.00. The smallest absolute Gasteiger partial charge is 0.310 e. The minimum atomic E-state index is -0.814. The Balaban J connectivity index is 1.23. The molecule has 1 saturated carbocycles. The number of ether oxygens (including phenoxy) is 2. The summed E-state index contributed by atoms with van der Waals surface area (Å²) in [5.74, 6) is 0.00915. The fourth-order valence-electron chi connectivity index (χ4n) is 4.95. The average Bonchev–Trinajstić information content (AvgIpc) is 3.29. The zero-order valence-electron chi connectivity index (χ0n) is 22.8. The van der Waals surface area contributed by atoms with Crippen LogP contribution in [0.15, 0.2) is 59.0 Å². The molecular weight excluding hydrogens is 480 g/mol. The van der Waals surface area contributed by atoms with Gasteiger partial charge in [-0.3, -0.25) is 4.79 Å².